The van der Waals surface area contributed by atoms with Crippen LogP contribution in [0.25, 0.3) is 11.0 Å². The lowest BCUT2D eigenvalue weighted by molar-refractivity contribution is 0.642. The Morgan fingerprint density at radius 3 is 2.73 bits per heavy atom. The van der Waals surface area contributed by atoms with Crippen molar-refractivity contribution in [3.8, 4) is 0 Å². The van der Waals surface area contributed by atoms with Crippen LogP contribution in [0, 0.1) is 0 Å². The molecule has 0 saturated heterocycles. The minimum absolute atomic E-state index is 0.434. The number of benzene rings is 1. The summed E-state index contributed by atoms with van der Waals surface area (Å²) in [4.78, 5) is 4.64. The van der Waals surface area contributed by atoms with Gasteiger partial charge in [-0.15, -0.1) is 0 Å². The molecule has 3 nitrogen and oxygen atoms in total. The van der Waals surface area contributed by atoms with Crippen molar-refractivity contribution in [2.75, 3.05) is 6.54 Å². The van der Waals surface area contributed by atoms with Crippen molar-refractivity contribution in [2.24, 2.45) is 5.73 Å². The molecule has 0 aliphatic carbocycles. The van der Waals surface area contributed by atoms with Gasteiger partial charge in [-0.25, -0.2) is 4.98 Å². The molecule has 2 N–H and O–H groups in total. The highest BCUT2D eigenvalue weighted by Gasteiger charge is 2.11. The maximum Gasteiger partial charge on any atom is 0.112 e. The van der Waals surface area contributed by atoms with Gasteiger partial charge in [0.15, 0.2) is 0 Å². The summed E-state index contributed by atoms with van der Waals surface area (Å²) in [5, 5.41) is 0. The lowest BCUT2D eigenvalue weighted by Gasteiger charge is -2.09. The molecule has 1 aromatic carbocycles. The van der Waals surface area contributed by atoms with Gasteiger partial charge >= 0.3 is 0 Å². The molecule has 0 radical (unpaired) electrons. The van der Waals surface area contributed by atoms with E-state index in [9.17, 15) is 0 Å². The third kappa shape index (κ3) is 1.75. The molecule has 1 aromatic heterocycles. The molecule has 3 heteroatoms. The van der Waals surface area contributed by atoms with Crippen LogP contribution in [0.15, 0.2) is 24.3 Å². The Morgan fingerprint density at radius 2 is 2.07 bits per heavy atom. The largest absolute Gasteiger partial charge is 0.329 e. The van der Waals surface area contributed by atoms with E-state index in [0.717, 1.165) is 17.9 Å². The molecule has 0 spiro atoms. The van der Waals surface area contributed by atoms with E-state index in [-0.39, 0.29) is 0 Å². The van der Waals surface area contributed by atoms with Gasteiger partial charge in [-0.1, -0.05) is 26.0 Å². The topological polar surface area (TPSA) is 43.8 Å². The van der Waals surface area contributed by atoms with E-state index in [2.05, 4.69) is 29.5 Å². The zero-order valence-electron chi connectivity index (χ0n) is 9.27. The SMILES string of the molecule is CC(C)c1nc2ccccc2n1CCN. The standard InChI is InChI=1S/C12H17N3/c1-9(2)12-14-10-5-3-4-6-11(10)15(12)8-7-13/h3-6,9H,7-8,13H2,1-2H3. The number of fused-ring (bicyclic) bond motifs is 1. The molecule has 2 rings (SSSR count). The number of imidazole rings is 1. The number of rotatable bonds is 3. The van der Waals surface area contributed by atoms with Crippen LogP contribution in [0.4, 0.5) is 0 Å². The highest BCUT2D eigenvalue weighted by atomic mass is 15.1. The predicted octanol–water partition coefficient (Wildman–Crippen LogP) is 2.12. The summed E-state index contributed by atoms with van der Waals surface area (Å²) in [5.74, 6) is 1.56. The minimum atomic E-state index is 0.434. The molecule has 0 saturated carbocycles. The molecule has 0 aliphatic rings. The fourth-order valence-electron chi connectivity index (χ4n) is 1.90. The van der Waals surface area contributed by atoms with Crippen LogP contribution in [0.5, 0.6) is 0 Å². The summed E-state index contributed by atoms with van der Waals surface area (Å²) >= 11 is 0. The van der Waals surface area contributed by atoms with Crippen LogP contribution in [0.2, 0.25) is 0 Å². The Balaban J connectivity index is 2.63. The first-order valence-electron chi connectivity index (χ1n) is 5.39. The first-order valence-corrected chi connectivity index (χ1v) is 5.39. The molecule has 80 valence electrons. The Labute approximate surface area is 89.9 Å². The van der Waals surface area contributed by atoms with E-state index in [1.165, 1.54) is 5.52 Å². The molecule has 0 unspecified atom stereocenters. The second-order valence-corrected chi connectivity index (χ2v) is 4.05. The molecule has 2 aromatic rings. The highest BCUT2D eigenvalue weighted by Crippen LogP contribution is 2.21. The summed E-state index contributed by atoms with van der Waals surface area (Å²) < 4.78 is 2.22. The van der Waals surface area contributed by atoms with Crippen LogP contribution in [-0.4, -0.2) is 16.1 Å². The molecule has 0 atom stereocenters. The van der Waals surface area contributed by atoms with E-state index in [1.54, 1.807) is 0 Å². The lowest BCUT2D eigenvalue weighted by Crippen LogP contribution is -2.13. The first-order chi connectivity index (χ1) is 7.24. The van der Waals surface area contributed by atoms with Gasteiger partial charge in [0.2, 0.25) is 0 Å². The van der Waals surface area contributed by atoms with Gasteiger partial charge in [0, 0.05) is 19.0 Å². The van der Waals surface area contributed by atoms with Gasteiger partial charge in [0.25, 0.3) is 0 Å². The number of nitrogens with zero attached hydrogens (tertiary/aromatic N) is 2. The van der Waals surface area contributed by atoms with Gasteiger partial charge in [-0.3, -0.25) is 0 Å². The quantitative estimate of drug-likeness (QED) is 0.830. The van der Waals surface area contributed by atoms with E-state index in [1.807, 2.05) is 18.2 Å². The highest BCUT2D eigenvalue weighted by molar-refractivity contribution is 5.76. The van der Waals surface area contributed by atoms with Gasteiger partial charge in [-0.05, 0) is 12.1 Å². The second-order valence-electron chi connectivity index (χ2n) is 4.05. The van der Waals surface area contributed by atoms with Gasteiger partial charge in [-0.2, -0.15) is 0 Å². The Hall–Kier alpha value is -1.35. The summed E-state index contributed by atoms with van der Waals surface area (Å²) in [6.07, 6.45) is 0. The number of aromatic nitrogens is 2. The summed E-state index contributed by atoms with van der Waals surface area (Å²) in [6, 6.07) is 8.21. The van der Waals surface area contributed by atoms with E-state index < -0.39 is 0 Å². The fourth-order valence-corrected chi connectivity index (χ4v) is 1.90. The molecular formula is C12H17N3. The van der Waals surface area contributed by atoms with Crippen molar-refractivity contribution in [1.29, 1.82) is 0 Å². The van der Waals surface area contributed by atoms with Crippen LogP contribution >= 0.6 is 0 Å². The Morgan fingerprint density at radius 1 is 1.33 bits per heavy atom. The van der Waals surface area contributed by atoms with Crippen LogP contribution in [0.3, 0.4) is 0 Å². The molecule has 0 aliphatic heterocycles. The van der Waals surface area contributed by atoms with Crippen LogP contribution in [0.1, 0.15) is 25.6 Å². The third-order valence-electron chi connectivity index (χ3n) is 2.55. The van der Waals surface area contributed by atoms with E-state index >= 15 is 0 Å². The monoisotopic (exact) mass is 203 g/mol. The molecular weight excluding hydrogens is 186 g/mol. The fraction of sp³-hybridized carbons (Fsp3) is 0.417. The van der Waals surface area contributed by atoms with Gasteiger partial charge in [0.05, 0.1) is 11.0 Å². The van der Waals surface area contributed by atoms with Crippen LogP contribution < -0.4 is 5.73 Å². The zero-order chi connectivity index (χ0) is 10.8. The van der Waals surface area contributed by atoms with Crippen molar-refractivity contribution < 1.29 is 0 Å². The Kier molecular flexibility index (Phi) is 2.73. The zero-order valence-corrected chi connectivity index (χ0v) is 9.27. The van der Waals surface area contributed by atoms with Crippen molar-refractivity contribution in [3.05, 3.63) is 30.1 Å². The second kappa shape index (κ2) is 4.03. The smallest absolute Gasteiger partial charge is 0.112 e. The number of nitrogens with two attached hydrogens (primary N) is 1. The number of para-hydroxylation sites is 2. The molecule has 1 heterocycles. The Bertz CT molecular complexity index is 457. The minimum Gasteiger partial charge on any atom is -0.329 e. The summed E-state index contributed by atoms with van der Waals surface area (Å²) in [7, 11) is 0. The van der Waals surface area contributed by atoms with E-state index in [0.29, 0.717) is 12.5 Å². The molecule has 15 heavy (non-hydrogen) atoms. The maximum atomic E-state index is 5.63. The van der Waals surface area contributed by atoms with E-state index in [4.69, 9.17) is 5.73 Å². The maximum absolute atomic E-state index is 5.63. The molecule has 0 amide bonds. The first kappa shape index (κ1) is 10.2. The number of hydrogen-bond donors (Lipinski definition) is 1. The van der Waals surface area contributed by atoms with Crippen molar-refractivity contribution in [3.63, 3.8) is 0 Å². The normalized spacial score (nSPS) is 11.5. The average Bonchev–Trinajstić information content (AvgIpc) is 2.58. The molecule has 0 bridgehead atoms. The van der Waals surface area contributed by atoms with Crippen LogP contribution in [-0.2, 0) is 6.54 Å². The van der Waals surface area contributed by atoms with Gasteiger partial charge < -0.3 is 10.3 Å². The third-order valence-corrected chi connectivity index (χ3v) is 2.55. The van der Waals surface area contributed by atoms with Crippen molar-refractivity contribution >= 4 is 11.0 Å². The van der Waals surface area contributed by atoms with Gasteiger partial charge in [0.1, 0.15) is 5.82 Å². The number of hydrogen-bond acceptors (Lipinski definition) is 2. The summed E-state index contributed by atoms with van der Waals surface area (Å²) in [5.41, 5.74) is 7.88. The average molecular weight is 203 g/mol. The molecule has 0 fully saturated rings. The lowest BCUT2D eigenvalue weighted by atomic mass is 10.2. The predicted molar refractivity (Wildman–Crippen MR) is 62.9 cm³/mol. The van der Waals surface area contributed by atoms with Crippen molar-refractivity contribution in [1.82, 2.24) is 9.55 Å². The summed E-state index contributed by atoms with van der Waals surface area (Å²) in [6.45, 7) is 5.82. The van der Waals surface area contributed by atoms with Crippen molar-refractivity contribution in [2.45, 2.75) is 26.3 Å².